The van der Waals surface area contributed by atoms with E-state index in [1.807, 2.05) is 24.4 Å². The number of benzene rings is 1. The Labute approximate surface area is 154 Å². The first-order chi connectivity index (χ1) is 12.7. The molecule has 2 fully saturated rings. The molecule has 0 unspecified atom stereocenters. The second kappa shape index (κ2) is 7.62. The predicted molar refractivity (Wildman–Crippen MR) is 102 cm³/mol. The van der Waals surface area contributed by atoms with Gasteiger partial charge in [0.1, 0.15) is 5.75 Å². The minimum absolute atomic E-state index is 0.114. The van der Waals surface area contributed by atoms with Crippen molar-refractivity contribution in [3.05, 3.63) is 36.7 Å². The standard InChI is InChI=1S/C21H27N3O2/c22-16-5-4-14(12-16)21(25)24-17-6-8-18(9-7-17)26-20-3-1-2-15-13-23-11-10-19(15)20/h1-3,10-11,13-14,16-18H,4-9,12,22H2,(H,24,25)/t14-,16+,17?,18?/m1/s1. The predicted octanol–water partition coefficient (Wildman–Crippen LogP) is 3.17. The number of rotatable bonds is 4. The average Bonchev–Trinajstić information content (AvgIpc) is 3.10. The van der Waals surface area contributed by atoms with E-state index in [0.29, 0.717) is 0 Å². The fourth-order valence-corrected chi connectivity index (χ4v) is 4.27. The Hall–Kier alpha value is -2.14. The fourth-order valence-electron chi connectivity index (χ4n) is 4.27. The first kappa shape index (κ1) is 17.3. The van der Waals surface area contributed by atoms with Gasteiger partial charge >= 0.3 is 0 Å². The molecule has 0 bridgehead atoms. The van der Waals surface area contributed by atoms with E-state index in [4.69, 9.17) is 10.5 Å². The van der Waals surface area contributed by atoms with E-state index in [1.54, 1.807) is 6.20 Å². The van der Waals surface area contributed by atoms with Crippen LogP contribution in [0.5, 0.6) is 5.75 Å². The van der Waals surface area contributed by atoms with E-state index in [2.05, 4.69) is 16.4 Å². The fraction of sp³-hybridized carbons (Fsp3) is 0.524. The van der Waals surface area contributed by atoms with Gasteiger partial charge < -0.3 is 15.8 Å². The first-order valence-electron chi connectivity index (χ1n) is 9.74. The second-order valence-electron chi connectivity index (χ2n) is 7.72. The topological polar surface area (TPSA) is 77.2 Å². The summed E-state index contributed by atoms with van der Waals surface area (Å²) in [6.45, 7) is 0. The second-order valence-corrected chi connectivity index (χ2v) is 7.72. The summed E-state index contributed by atoms with van der Waals surface area (Å²) in [5, 5.41) is 5.44. The molecular formula is C21H27N3O2. The SMILES string of the molecule is N[C@H]1CC[C@@H](C(=O)NC2CCC(Oc3cccc4cnccc34)CC2)C1. The molecule has 2 aromatic rings. The van der Waals surface area contributed by atoms with Gasteiger partial charge in [-0.25, -0.2) is 0 Å². The zero-order valence-corrected chi connectivity index (χ0v) is 15.1. The van der Waals surface area contributed by atoms with Crippen molar-refractivity contribution in [1.29, 1.82) is 0 Å². The van der Waals surface area contributed by atoms with E-state index in [1.165, 1.54) is 0 Å². The summed E-state index contributed by atoms with van der Waals surface area (Å²) in [5.74, 6) is 1.24. The molecule has 2 atom stereocenters. The van der Waals surface area contributed by atoms with Gasteiger partial charge in [-0.15, -0.1) is 0 Å². The third kappa shape index (κ3) is 3.83. The van der Waals surface area contributed by atoms with Gasteiger partial charge in [-0.2, -0.15) is 0 Å². The van der Waals surface area contributed by atoms with Crippen LogP contribution in [-0.4, -0.2) is 29.1 Å². The van der Waals surface area contributed by atoms with Crippen molar-refractivity contribution in [2.75, 3.05) is 0 Å². The zero-order valence-electron chi connectivity index (χ0n) is 15.1. The molecule has 0 aliphatic heterocycles. The van der Waals surface area contributed by atoms with Crippen molar-refractivity contribution < 1.29 is 9.53 Å². The Bertz CT molecular complexity index is 765. The monoisotopic (exact) mass is 353 g/mol. The number of pyridine rings is 1. The zero-order chi connectivity index (χ0) is 17.9. The molecule has 138 valence electrons. The smallest absolute Gasteiger partial charge is 0.223 e. The van der Waals surface area contributed by atoms with Gasteiger partial charge in [-0.05, 0) is 57.1 Å². The minimum Gasteiger partial charge on any atom is -0.490 e. The normalized spacial score (nSPS) is 28.8. The third-order valence-electron chi connectivity index (χ3n) is 5.80. The van der Waals surface area contributed by atoms with Crippen LogP contribution in [0.1, 0.15) is 44.9 Å². The van der Waals surface area contributed by atoms with Crippen LogP contribution in [-0.2, 0) is 4.79 Å². The van der Waals surface area contributed by atoms with Crippen LogP contribution in [0.4, 0.5) is 0 Å². The molecule has 1 aromatic carbocycles. The van der Waals surface area contributed by atoms with Crippen molar-refractivity contribution in [3.8, 4) is 5.75 Å². The highest BCUT2D eigenvalue weighted by atomic mass is 16.5. The molecule has 26 heavy (non-hydrogen) atoms. The van der Waals surface area contributed by atoms with Gasteiger partial charge in [-0.1, -0.05) is 12.1 Å². The van der Waals surface area contributed by atoms with Gasteiger partial charge in [0.2, 0.25) is 5.91 Å². The highest BCUT2D eigenvalue weighted by Gasteiger charge is 2.30. The quantitative estimate of drug-likeness (QED) is 0.885. The number of aromatic nitrogens is 1. The molecule has 0 spiro atoms. The summed E-state index contributed by atoms with van der Waals surface area (Å²) in [6.07, 6.45) is 10.5. The summed E-state index contributed by atoms with van der Waals surface area (Å²) in [6, 6.07) is 8.57. The van der Waals surface area contributed by atoms with Crippen LogP contribution in [0.25, 0.3) is 10.8 Å². The van der Waals surface area contributed by atoms with Crippen LogP contribution in [0, 0.1) is 5.92 Å². The molecule has 1 heterocycles. The van der Waals surface area contributed by atoms with Crippen LogP contribution in [0.2, 0.25) is 0 Å². The first-order valence-corrected chi connectivity index (χ1v) is 9.74. The molecule has 1 amide bonds. The van der Waals surface area contributed by atoms with Crippen LogP contribution < -0.4 is 15.8 Å². The van der Waals surface area contributed by atoms with Crippen LogP contribution in [0.3, 0.4) is 0 Å². The van der Waals surface area contributed by atoms with E-state index < -0.39 is 0 Å². The number of carbonyl (C=O) groups excluding carboxylic acids is 1. The van der Waals surface area contributed by atoms with Gasteiger partial charge in [0.25, 0.3) is 0 Å². The Morgan fingerprint density at radius 1 is 1.12 bits per heavy atom. The number of fused-ring (bicyclic) bond motifs is 1. The lowest BCUT2D eigenvalue weighted by Crippen LogP contribution is -2.42. The number of nitrogens with zero attached hydrogens (tertiary/aromatic N) is 1. The molecule has 3 N–H and O–H groups in total. The molecule has 4 rings (SSSR count). The molecule has 0 saturated heterocycles. The molecule has 2 aliphatic carbocycles. The Kier molecular flexibility index (Phi) is 5.07. The molecule has 5 nitrogen and oxygen atoms in total. The lowest BCUT2D eigenvalue weighted by molar-refractivity contribution is -0.125. The largest absolute Gasteiger partial charge is 0.490 e. The number of hydrogen-bond acceptors (Lipinski definition) is 4. The number of carbonyl (C=O) groups is 1. The van der Waals surface area contributed by atoms with Crippen molar-refractivity contribution in [3.63, 3.8) is 0 Å². The van der Waals surface area contributed by atoms with Gasteiger partial charge in [0, 0.05) is 41.2 Å². The van der Waals surface area contributed by atoms with E-state index in [9.17, 15) is 4.79 Å². The van der Waals surface area contributed by atoms with E-state index in [-0.39, 0.29) is 30.0 Å². The maximum Gasteiger partial charge on any atom is 0.223 e. The van der Waals surface area contributed by atoms with Gasteiger partial charge in [-0.3, -0.25) is 9.78 Å². The molecule has 1 aromatic heterocycles. The lowest BCUT2D eigenvalue weighted by atomic mass is 9.92. The summed E-state index contributed by atoms with van der Waals surface area (Å²) in [7, 11) is 0. The average molecular weight is 353 g/mol. The number of nitrogens with two attached hydrogens (primary N) is 1. The Balaban J connectivity index is 1.30. The highest BCUT2D eigenvalue weighted by Crippen LogP contribution is 2.30. The maximum atomic E-state index is 12.4. The van der Waals surface area contributed by atoms with Crippen molar-refractivity contribution in [1.82, 2.24) is 10.3 Å². The van der Waals surface area contributed by atoms with Gasteiger partial charge in [0.15, 0.2) is 0 Å². The van der Waals surface area contributed by atoms with E-state index >= 15 is 0 Å². The van der Waals surface area contributed by atoms with Crippen LogP contribution in [0.15, 0.2) is 36.7 Å². The molecule has 2 aliphatic rings. The Morgan fingerprint density at radius 2 is 1.96 bits per heavy atom. The number of amides is 1. The van der Waals surface area contributed by atoms with Gasteiger partial charge in [0.05, 0.1) is 6.10 Å². The summed E-state index contributed by atoms with van der Waals surface area (Å²) < 4.78 is 6.28. The maximum absolute atomic E-state index is 12.4. The molecule has 5 heteroatoms. The minimum atomic E-state index is 0.114. The number of nitrogens with one attached hydrogen (secondary N) is 1. The molecule has 0 radical (unpaired) electrons. The van der Waals surface area contributed by atoms with Crippen molar-refractivity contribution in [2.45, 2.75) is 63.1 Å². The van der Waals surface area contributed by atoms with Crippen molar-refractivity contribution in [2.24, 2.45) is 11.7 Å². The highest BCUT2D eigenvalue weighted by molar-refractivity contribution is 5.87. The number of hydrogen-bond donors (Lipinski definition) is 2. The third-order valence-corrected chi connectivity index (χ3v) is 5.80. The van der Waals surface area contributed by atoms with Crippen LogP contribution >= 0.6 is 0 Å². The van der Waals surface area contributed by atoms with Crippen molar-refractivity contribution >= 4 is 16.7 Å². The Morgan fingerprint density at radius 3 is 2.73 bits per heavy atom. The molecular weight excluding hydrogens is 326 g/mol. The van der Waals surface area contributed by atoms with E-state index in [0.717, 1.165) is 61.5 Å². The summed E-state index contributed by atoms with van der Waals surface area (Å²) in [5.41, 5.74) is 5.93. The summed E-state index contributed by atoms with van der Waals surface area (Å²) in [4.78, 5) is 16.5. The summed E-state index contributed by atoms with van der Waals surface area (Å²) >= 11 is 0. The molecule has 2 saturated carbocycles. The lowest BCUT2D eigenvalue weighted by Gasteiger charge is -2.30. The number of ether oxygens (including phenoxy) is 1.